The Hall–Kier alpha value is -1.75. The molecule has 0 radical (unpaired) electrons. The van der Waals surface area contributed by atoms with Crippen molar-refractivity contribution in [2.75, 3.05) is 24.6 Å². The van der Waals surface area contributed by atoms with E-state index in [0.29, 0.717) is 29.4 Å². The minimum absolute atomic E-state index is 0.0564. The molecule has 0 spiro atoms. The smallest absolute Gasteiger partial charge is 0.255 e. The number of hydrogen-bond donors (Lipinski definition) is 3. The van der Waals surface area contributed by atoms with Crippen LogP contribution in [0.1, 0.15) is 23.2 Å². The Morgan fingerprint density at radius 2 is 2.05 bits per heavy atom. The molecule has 0 aromatic heterocycles. The monoisotopic (exact) mass is 261 g/mol. The maximum absolute atomic E-state index is 12.4. The Labute approximate surface area is 112 Å². The second-order valence-corrected chi connectivity index (χ2v) is 5.63. The topological polar surface area (TPSA) is 92.6 Å². The van der Waals surface area contributed by atoms with Crippen LogP contribution in [0, 0.1) is 11.8 Å². The number of hydrogen-bond acceptors (Lipinski definition) is 4. The zero-order valence-electron chi connectivity index (χ0n) is 10.7. The molecule has 102 valence electrons. The van der Waals surface area contributed by atoms with Crippen LogP contribution in [0.5, 0.6) is 0 Å². The predicted molar refractivity (Wildman–Crippen MR) is 73.4 cm³/mol. The number of nitrogen functional groups attached to an aromatic ring is 2. The Morgan fingerprint density at radius 3 is 2.74 bits per heavy atom. The zero-order chi connectivity index (χ0) is 13.6. The summed E-state index contributed by atoms with van der Waals surface area (Å²) in [4.78, 5) is 14.2. The van der Waals surface area contributed by atoms with E-state index in [4.69, 9.17) is 11.5 Å². The molecule has 1 saturated heterocycles. The van der Waals surface area contributed by atoms with E-state index >= 15 is 0 Å². The van der Waals surface area contributed by atoms with Crippen molar-refractivity contribution >= 4 is 17.3 Å². The number of rotatable bonds is 1. The summed E-state index contributed by atoms with van der Waals surface area (Å²) < 4.78 is 0. The van der Waals surface area contributed by atoms with Crippen LogP contribution in [-0.4, -0.2) is 35.1 Å². The summed E-state index contributed by atoms with van der Waals surface area (Å²) in [6, 6.07) is 4.98. The fraction of sp³-hybridized carbons (Fsp3) is 0.500. The molecular weight excluding hydrogens is 242 g/mol. The number of nitrogens with two attached hydrogens (primary N) is 2. The molecule has 1 aromatic carbocycles. The van der Waals surface area contributed by atoms with Gasteiger partial charge in [0.2, 0.25) is 0 Å². The van der Waals surface area contributed by atoms with E-state index in [1.54, 1.807) is 23.1 Å². The number of carbonyl (C=O) groups is 1. The number of nitrogens with zero attached hydrogens (tertiary/aromatic N) is 1. The molecule has 19 heavy (non-hydrogen) atoms. The Morgan fingerprint density at radius 1 is 1.26 bits per heavy atom. The van der Waals surface area contributed by atoms with Crippen LogP contribution in [0.4, 0.5) is 11.4 Å². The number of aliphatic hydroxyl groups is 1. The average molecular weight is 261 g/mol. The molecular formula is C14H19N3O2. The van der Waals surface area contributed by atoms with Crippen molar-refractivity contribution in [3.8, 4) is 0 Å². The van der Waals surface area contributed by atoms with Gasteiger partial charge in [-0.15, -0.1) is 0 Å². The molecule has 3 atom stereocenters. The van der Waals surface area contributed by atoms with Crippen molar-refractivity contribution in [3.63, 3.8) is 0 Å². The van der Waals surface area contributed by atoms with Gasteiger partial charge >= 0.3 is 0 Å². The molecule has 1 aromatic rings. The van der Waals surface area contributed by atoms with Crippen LogP contribution in [0.2, 0.25) is 0 Å². The molecule has 5 N–H and O–H groups in total. The molecule has 3 unspecified atom stereocenters. The summed E-state index contributed by atoms with van der Waals surface area (Å²) >= 11 is 0. The van der Waals surface area contributed by atoms with Crippen molar-refractivity contribution in [1.82, 2.24) is 4.90 Å². The highest BCUT2D eigenvalue weighted by atomic mass is 16.3. The highest BCUT2D eigenvalue weighted by Gasteiger charge is 2.43. The minimum atomic E-state index is -0.258. The molecule has 2 fully saturated rings. The first-order valence-electron chi connectivity index (χ1n) is 6.68. The number of likely N-dealkylation sites (tertiary alicyclic amines) is 1. The Kier molecular flexibility index (Phi) is 2.86. The van der Waals surface area contributed by atoms with Crippen molar-refractivity contribution < 1.29 is 9.90 Å². The summed E-state index contributed by atoms with van der Waals surface area (Å²) in [6.45, 7) is 1.36. The lowest BCUT2D eigenvalue weighted by Gasteiger charge is -2.19. The molecule has 2 aliphatic rings. The van der Waals surface area contributed by atoms with Crippen molar-refractivity contribution in [1.29, 1.82) is 0 Å². The maximum atomic E-state index is 12.4. The van der Waals surface area contributed by atoms with Gasteiger partial charge in [-0.2, -0.15) is 0 Å². The van der Waals surface area contributed by atoms with E-state index < -0.39 is 0 Å². The number of anilines is 2. The van der Waals surface area contributed by atoms with Gasteiger partial charge in [0.25, 0.3) is 5.91 Å². The molecule has 1 heterocycles. The van der Waals surface area contributed by atoms with Gasteiger partial charge in [0.15, 0.2) is 0 Å². The fourth-order valence-corrected chi connectivity index (χ4v) is 3.35. The molecule has 3 rings (SSSR count). The maximum Gasteiger partial charge on any atom is 0.255 e. The highest BCUT2D eigenvalue weighted by Crippen LogP contribution is 2.38. The van der Waals surface area contributed by atoms with Crippen LogP contribution in [0.15, 0.2) is 18.2 Å². The van der Waals surface area contributed by atoms with E-state index in [0.717, 1.165) is 19.4 Å². The van der Waals surface area contributed by atoms with E-state index in [9.17, 15) is 9.90 Å². The van der Waals surface area contributed by atoms with E-state index in [1.165, 1.54) is 0 Å². The van der Waals surface area contributed by atoms with Gasteiger partial charge in [0.05, 0.1) is 11.7 Å². The van der Waals surface area contributed by atoms with Crippen molar-refractivity contribution in [2.24, 2.45) is 11.8 Å². The minimum Gasteiger partial charge on any atom is -0.399 e. The lowest BCUT2D eigenvalue weighted by atomic mass is 10.00. The van der Waals surface area contributed by atoms with Crippen LogP contribution in [-0.2, 0) is 0 Å². The summed E-state index contributed by atoms with van der Waals surface area (Å²) in [7, 11) is 0. The first-order chi connectivity index (χ1) is 9.06. The molecule has 1 aliphatic carbocycles. The number of aliphatic hydroxyl groups excluding tert-OH is 1. The third-order valence-electron chi connectivity index (χ3n) is 4.41. The Balaban J connectivity index is 1.78. The zero-order valence-corrected chi connectivity index (χ0v) is 10.7. The number of fused-ring (bicyclic) bond motifs is 1. The van der Waals surface area contributed by atoms with Crippen molar-refractivity contribution in [3.05, 3.63) is 23.8 Å². The largest absolute Gasteiger partial charge is 0.399 e. The van der Waals surface area contributed by atoms with Gasteiger partial charge in [-0.25, -0.2) is 0 Å². The molecule has 1 saturated carbocycles. The van der Waals surface area contributed by atoms with Crippen LogP contribution >= 0.6 is 0 Å². The van der Waals surface area contributed by atoms with Gasteiger partial charge in [-0.05, 0) is 37.0 Å². The van der Waals surface area contributed by atoms with Gasteiger partial charge < -0.3 is 21.5 Å². The highest BCUT2D eigenvalue weighted by molar-refractivity contribution is 5.99. The van der Waals surface area contributed by atoms with E-state index in [1.807, 2.05) is 0 Å². The predicted octanol–water partition coefficient (Wildman–Crippen LogP) is 0.694. The average Bonchev–Trinajstić information content (AvgIpc) is 2.91. The Bertz CT molecular complexity index is 517. The van der Waals surface area contributed by atoms with Crippen LogP contribution in [0.25, 0.3) is 0 Å². The molecule has 5 heteroatoms. The second kappa shape index (κ2) is 4.42. The summed E-state index contributed by atoms with van der Waals surface area (Å²) in [5.41, 5.74) is 13.0. The molecule has 5 nitrogen and oxygen atoms in total. The van der Waals surface area contributed by atoms with E-state index in [2.05, 4.69) is 0 Å². The second-order valence-electron chi connectivity index (χ2n) is 5.63. The molecule has 0 bridgehead atoms. The number of amides is 1. The van der Waals surface area contributed by atoms with Gasteiger partial charge in [-0.1, -0.05) is 0 Å². The van der Waals surface area contributed by atoms with Crippen LogP contribution in [0.3, 0.4) is 0 Å². The first kappa shape index (κ1) is 12.3. The normalized spacial score (nSPS) is 29.5. The number of benzene rings is 1. The van der Waals surface area contributed by atoms with Crippen LogP contribution < -0.4 is 11.5 Å². The van der Waals surface area contributed by atoms with Crippen molar-refractivity contribution in [2.45, 2.75) is 18.9 Å². The lowest BCUT2D eigenvalue weighted by molar-refractivity contribution is 0.0753. The first-order valence-corrected chi connectivity index (χ1v) is 6.68. The number of carbonyl (C=O) groups excluding carboxylic acids is 1. The van der Waals surface area contributed by atoms with Gasteiger partial charge in [-0.3, -0.25) is 4.79 Å². The van der Waals surface area contributed by atoms with E-state index in [-0.39, 0.29) is 17.9 Å². The third-order valence-corrected chi connectivity index (χ3v) is 4.41. The molecule has 1 aliphatic heterocycles. The SMILES string of the molecule is Nc1ccc(C(=O)N2CC3CCC(O)C3C2)c(N)c1. The summed E-state index contributed by atoms with van der Waals surface area (Å²) in [5.74, 6) is 0.618. The standard InChI is InChI=1S/C14H19N3O2/c15-9-2-3-10(12(16)5-9)14(19)17-6-8-1-4-13(18)11(8)7-17/h2-3,5,8,11,13,18H,1,4,6-7,15-16H2. The van der Waals surface area contributed by atoms with Gasteiger partial charge in [0, 0.05) is 30.4 Å². The third kappa shape index (κ3) is 2.04. The van der Waals surface area contributed by atoms with Gasteiger partial charge in [0.1, 0.15) is 0 Å². The summed E-state index contributed by atoms with van der Waals surface area (Å²) in [5, 5.41) is 9.88. The molecule has 1 amide bonds. The lowest BCUT2D eigenvalue weighted by Crippen LogP contribution is -2.31. The summed E-state index contributed by atoms with van der Waals surface area (Å²) in [6.07, 6.45) is 1.61. The fourth-order valence-electron chi connectivity index (χ4n) is 3.35. The quantitative estimate of drug-likeness (QED) is 0.649.